The van der Waals surface area contributed by atoms with Crippen LogP contribution in [-0.2, 0) is 30.9 Å². The van der Waals surface area contributed by atoms with Crippen molar-refractivity contribution in [2.75, 3.05) is 26.6 Å². The highest BCUT2D eigenvalue weighted by atomic mass is 31.2. The molecule has 0 saturated heterocycles. The molecule has 1 unspecified atom stereocenters. The summed E-state index contributed by atoms with van der Waals surface area (Å²) in [5.74, 6) is 0.949. The lowest BCUT2D eigenvalue weighted by atomic mass is 9.77. The van der Waals surface area contributed by atoms with Gasteiger partial charge in [-0.2, -0.15) is 0 Å². The van der Waals surface area contributed by atoms with Gasteiger partial charge >= 0.3 is 7.60 Å². The quantitative estimate of drug-likeness (QED) is 0.300. The number of aryl methyl sites for hydroxylation is 1. The Bertz CT molecular complexity index is 931. The molecule has 2 aromatic carbocycles. The fourth-order valence-electron chi connectivity index (χ4n) is 4.27. The van der Waals surface area contributed by atoms with E-state index in [9.17, 15) is 4.57 Å². The van der Waals surface area contributed by atoms with E-state index < -0.39 is 7.60 Å². The molecule has 0 aliphatic rings. The molecular weight excluding hydrogens is 457 g/mol. The molecule has 0 radical (unpaired) electrons. The van der Waals surface area contributed by atoms with Crippen molar-refractivity contribution in [1.82, 2.24) is 5.32 Å². The van der Waals surface area contributed by atoms with E-state index in [1.165, 1.54) is 16.7 Å². The molecule has 0 spiro atoms. The first-order valence-corrected chi connectivity index (χ1v) is 14.5. The zero-order chi connectivity index (χ0) is 26.3. The molecule has 0 fully saturated rings. The Morgan fingerprint density at radius 3 is 1.83 bits per heavy atom. The summed E-state index contributed by atoms with van der Waals surface area (Å²) in [5, 5.41) is 3.56. The van der Waals surface area contributed by atoms with Gasteiger partial charge in [0, 0.05) is 17.2 Å². The van der Waals surface area contributed by atoms with E-state index in [0.29, 0.717) is 13.2 Å². The maximum atomic E-state index is 13.2. The second-order valence-electron chi connectivity index (χ2n) is 11.0. The zero-order valence-electron chi connectivity index (χ0n) is 23.2. The molecule has 0 amide bonds. The predicted molar refractivity (Wildman–Crippen MR) is 147 cm³/mol. The highest BCUT2D eigenvalue weighted by Crippen LogP contribution is 2.48. The summed E-state index contributed by atoms with van der Waals surface area (Å²) < 4.78 is 30.3. The summed E-state index contributed by atoms with van der Waals surface area (Å²) in [6, 6.07) is 14.9. The molecule has 2 rings (SSSR count). The summed E-state index contributed by atoms with van der Waals surface area (Å²) >= 11 is 0. The van der Waals surface area contributed by atoms with Gasteiger partial charge in [-0.25, -0.2) is 0 Å². The normalized spacial score (nSPS) is 13.6. The highest BCUT2D eigenvalue weighted by Gasteiger charge is 2.30. The lowest BCUT2D eigenvalue weighted by Crippen LogP contribution is -2.26. The molecular formula is C29H46NO4P. The van der Waals surface area contributed by atoms with Crippen LogP contribution in [0.2, 0.25) is 0 Å². The third-order valence-electron chi connectivity index (χ3n) is 6.08. The van der Waals surface area contributed by atoms with Crippen molar-refractivity contribution in [3.63, 3.8) is 0 Å². The van der Waals surface area contributed by atoms with Crippen LogP contribution in [0.25, 0.3) is 0 Å². The molecule has 5 nitrogen and oxygen atoms in total. The van der Waals surface area contributed by atoms with Crippen molar-refractivity contribution < 1.29 is 18.3 Å². The standard InChI is InChI=1S/C29H46NO4P/c1-10-33-35(31,34-11-2)21-30-26(18-17-22-15-13-12-14-16-22)23-19-24(28(3,4)5)27(32-9)25(20-23)29(6,7)8/h12-16,19-20,26,30H,10-11,17-18,21H2,1-9H3. The van der Waals surface area contributed by atoms with Crippen molar-refractivity contribution >= 4 is 7.60 Å². The Morgan fingerprint density at radius 2 is 1.40 bits per heavy atom. The van der Waals surface area contributed by atoms with Gasteiger partial charge in [0.2, 0.25) is 0 Å². The van der Waals surface area contributed by atoms with Crippen molar-refractivity contribution in [2.24, 2.45) is 0 Å². The van der Waals surface area contributed by atoms with Crippen molar-refractivity contribution in [1.29, 1.82) is 0 Å². The fourth-order valence-corrected chi connectivity index (χ4v) is 5.76. The van der Waals surface area contributed by atoms with E-state index in [0.717, 1.165) is 24.2 Å². The van der Waals surface area contributed by atoms with E-state index in [-0.39, 0.29) is 23.2 Å². The number of benzene rings is 2. The lowest BCUT2D eigenvalue weighted by molar-refractivity contribution is 0.216. The molecule has 1 N–H and O–H groups in total. The smallest absolute Gasteiger partial charge is 0.344 e. The summed E-state index contributed by atoms with van der Waals surface area (Å²) in [6.07, 6.45) is 1.91. The van der Waals surface area contributed by atoms with Crippen molar-refractivity contribution in [3.05, 3.63) is 64.7 Å². The fraction of sp³-hybridized carbons (Fsp3) is 0.586. The first kappa shape index (κ1) is 29.6. The number of ether oxygens (including phenoxy) is 1. The van der Waals surface area contributed by atoms with Crippen molar-refractivity contribution in [2.45, 2.75) is 85.1 Å². The minimum atomic E-state index is -3.23. The van der Waals surface area contributed by atoms with Gasteiger partial charge < -0.3 is 13.8 Å². The molecule has 0 aromatic heterocycles. The molecule has 2 aromatic rings. The van der Waals surface area contributed by atoms with Crippen LogP contribution in [0.3, 0.4) is 0 Å². The third kappa shape index (κ3) is 8.46. The molecule has 196 valence electrons. The minimum absolute atomic E-state index is 0.0300. The monoisotopic (exact) mass is 503 g/mol. The van der Waals surface area contributed by atoms with E-state index in [1.54, 1.807) is 7.11 Å². The second-order valence-corrected chi connectivity index (χ2v) is 13.1. The molecule has 0 saturated carbocycles. The third-order valence-corrected chi connectivity index (χ3v) is 7.95. The van der Waals surface area contributed by atoms with Crippen LogP contribution in [0.1, 0.15) is 90.1 Å². The van der Waals surface area contributed by atoms with Gasteiger partial charge in [0.05, 0.1) is 26.6 Å². The predicted octanol–water partition coefficient (Wildman–Crippen LogP) is 7.78. The van der Waals surface area contributed by atoms with Crippen LogP contribution in [0, 0.1) is 0 Å². The van der Waals surface area contributed by atoms with Gasteiger partial charge in [-0.05, 0) is 60.8 Å². The lowest BCUT2D eigenvalue weighted by Gasteiger charge is -2.32. The van der Waals surface area contributed by atoms with E-state index in [1.807, 2.05) is 19.9 Å². The zero-order valence-corrected chi connectivity index (χ0v) is 24.1. The second kappa shape index (κ2) is 12.5. The Kier molecular flexibility index (Phi) is 10.6. The first-order chi connectivity index (χ1) is 16.3. The highest BCUT2D eigenvalue weighted by molar-refractivity contribution is 7.53. The average molecular weight is 504 g/mol. The summed E-state index contributed by atoms with van der Waals surface area (Å²) in [6.45, 7) is 17.7. The van der Waals surface area contributed by atoms with E-state index in [2.05, 4.69) is 83.3 Å². The number of hydrogen-bond acceptors (Lipinski definition) is 5. The molecule has 0 aliphatic heterocycles. The van der Waals surface area contributed by atoms with Gasteiger partial charge in [0.25, 0.3) is 0 Å². The Morgan fingerprint density at radius 1 is 0.886 bits per heavy atom. The number of hydrogen-bond donors (Lipinski definition) is 1. The van der Waals surface area contributed by atoms with Crippen LogP contribution in [0.4, 0.5) is 0 Å². The summed E-state index contributed by atoms with van der Waals surface area (Å²) in [4.78, 5) is 0. The minimum Gasteiger partial charge on any atom is -0.496 e. The van der Waals surface area contributed by atoms with Crippen molar-refractivity contribution in [3.8, 4) is 5.75 Å². The van der Waals surface area contributed by atoms with Gasteiger partial charge in [-0.1, -0.05) is 71.9 Å². The Labute approximate surface area is 213 Å². The van der Waals surface area contributed by atoms with Gasteiger partial charge in [-0.3, -0.25) is 9.88 Å². The summed E-state index contributed by atoms with van der Waals surface area (Å²) in [5.41, 5.74) is 4.58. The van der Waals surface area contributed by atoms with Gasteiger partial charge in [-0.15, -0.1) is 0 Å². The molecule has 0 heterocycles. The number of methoxy groups -OCH3 is 1. The van der Waals surface area contributed by atoms with Crippen LogP contribution < -0.4 is 10.1 Å². The van der Waals surface area contributed by atoms with Gasteiger partial charge in [0.15, 0.2) is 0 Å². The Balaban J connectivity index is 2.55. The molecule has 0 aliphatic carbocycles. The topological polar surface area (TPSA) is 56.8 Å². The SMILES string of the molecule is CCOP(=O)(CNC(CCc1ccccc1)c1cc(C(C)(C)C)c(OC)c(C(C)(C)C)c1)OCC. The molecule has 6 heteroatoms. The van der Waals surface area contributed by atoms with Crippen LogP contribution in [0.5, 0.6) is 5.75 Å². The molecule has 1 atom stereocenters. The van der Waals surface area contributed by atoms with E-state index in [4.69, 9.17) is 13.8 Å². The van der Waals surface area contributed by atoms with Crippen LogP contribution >= 0.6 is 7.60 Å². The molecule has 0 bridgehead atoms. The maximum Gasteiger partial charge on any atom is 0.344 e. The number of rotatable bonds is 12. The van der Waals surface area contributed by atoms with Crippen LogP contribution in [0.15, 0.2) is 42.5 Å². The first-order valence-electron chi connectivity index (χ1n) is 12.7. The average Bonchev–Trinajstić information content (AvgIpc) is 2.78. The Hall–Kier alpha value is -1.65. The van der Waals surface area contributed by atoms with Gasteiger partial charge in [0.1, 0.15) is 5.75 Å². The molecule has 35 heavy (non-hydrogen) atoms. The maximum absolute atomic E-state index is 13.2. The van der Waals surface area contributed by atoms with Crippen LogP contribution in [-0.4, -0.2) is 26.6 Å². The largest absolute Gasteiger partial charge is 0.496 e. The number of nitrogens with one attached hydrogen (secondary N) is 1. The summed E-state index contributed by atoms with van der Waals surface area (Å²) in [7, 11) is -1.47. The van der Waals surface area contributed by atoms with E-state index >= 15 is 0 Å².